The predicted molar refractivity (Wildman–Crippen MR) is 53.2 cm³/mol. The maximum Gasteiger partial charge on any atom is 0.151 e. The van der Waals surface area contributed by atoms with Crippen molar-refractivity contribution in [1.82, 2.24) is 10.1 Å². The smallest absolute Gasteiger partial charge is 0.151 e. The summed E-state index contributed by atoms with van der Waals surface area (Å²) >= 11 is 3.26. The van der Waals surface area contributed by atoms with Gasteiger partial charge in [-0.1, -0.05) is 17.3 Å². The van der Waals surface area contributed by atoms with E-state index in [1.165, 1.54) is 0 Å². The number of nitrogens with zero attached hydrogens (tertiary/aromatic N) is 2. The van der Waals surface area contributed by atoms with Crippen LogP contribution in [0.15, 0.2) is 27.3 Å². The van der Waals surface area contributed by atoms with Crippen LogP contribution in [-0.4, -0.2) is 23.1 Å². The lowest BCUT2D eigenvalue weighted by atomic mass is 10.2. The topological polar surface area (TPSA) is 29.3 Å². The Hall–Kier alpha value is -0.610. The molecule has 0 aliphatic carbocycles. The summed E-state index contributed by atoms with van der Waals surface area (Å²) < 4.78 is 5.88. The highest BCUT2D eigenvalue weighted by molar-refractivity contribution is 9.10. The molecule has 2 rings (SSSR count). The molecule has 70 valence electrons. The molecule has 0 aromatic carbocycles. The molecule has 1 aromatic rings. The molecule has 1 aliphatic rings. The van der Waals surface area contributed by atoms with Crippen molar-refractivity contribution in [2.75, 3.05) is 13.1 Å². The van der Waals surface area contributed by atoms with E-state index in [2.05, 4.69) is 38.1 Å². The molecule has 0 fully saturated rings. The van der Waals surface area contributed by atoms with Crippen molar-refractivity contribution in [3.63, 3.8) is 0 Å². The molecular formula is C9H11BrN2O. The zero-order valence-corrected chi connectivity index (χ0v) is 8.83. The van der Waals surface area contributed by atoms with Crippen molar-refractivity contribution in [1.29, 1.82) is 0 Å². The molecule has 3 nitrogen and oxygen atoms in total. The van der Waals surface area contributed by atoms with Crippen LogP contribution in [0.2, 0.25) is 0 Å². The van der Waals surface area contributed by atoms with E-state index in [0.29, 0.717) is 0 Å². The Labute approximate surface area is 85.5 Å². The second-order valence-corrected chi connectivity index (χ2v) is 3.92. The van der Waals surface area contributed by atoms with Gasteiger partial charge >= 0.3 is 0 Å². The standard InChI is InChI=1S/C9H11BrN2O/c10-9-6-8(13-11-9)7-12-4-2-1-3-5-12/h1-2,6H,3-5,7H2. The first-order valence-corrected chi connectivity index (χ1v) is 5.12. The van der Waals surface area contributed by atoms with Crippen LogP contribution in [0.3, 0.4) is 0 Å². The zero-order valence-electron chi connectivity index (χ0n) is 7.24. The lowest BCUT2D eigenvalue weighted by molar-refractivity contribution is 0.248. The molecule has 0 amide bonds. The number of hydrogen-bond acceptors (Lipinski definition) is 3. The average Bonchev–Trinajstić information content (AvgIpc) is 2.53. The van der Waals surface area contributed by atoms with Crippen LogP contribution in [0, 0.1) is 0 Å². The fourth-order valence-corrected chi connectivity index (χ4v) is 1.74. The highest BCUT2D eigenvalue weighted by Crippen LogP contribution is 2.13. The van der Waals surface area contributed by atoms with Crippen LogP contribution < -0.4 is 0 Å². The Morgan fingerprint density at radius 2 is 2.46 bits per heavy atom. The van der Waals surface area contributed by atoms with E-state index in [0.717, 1.165) is 36.4 Å². The molecule has 0 radical (unpaired) electrons. The molecule has 0 saturated heterocycles. The van der Waals surface area contributed by atoms with Crippen molar-refractivity contribution in [2.45, 2.75) is 13.0 Å². The Kier molecular flexibility index (Phi) is 2.80. The lowest BCUT2D eigenvalue weighted by Crippen LogP contribution is -2.26. The van der Waals surface area contributed by atoms with Gasteiger partial charge < -0.3 is 4.52 Å². The Bertz CT molecular complexity index is 308. The third-order valence-electron chi connectivity index (χ3n) is 2.05. The van der Waals surface area contributed by atoms with Gasteiger partial charge in [-0.05, 0) is 22.4 Å². The zero-order chi connectivity index (χ0) is 9.10. The second-order valence-electron chi connectivity index (χ2n) is 3.11. The van der Waals surface area contributed by atoms with Gasteiger partial charge in [-0.25, -0.2) is 0 Å². The summed E-state index contributed by atoms with van der Waals surface area (Å²) in [6, 6.07) is 1.92. The first kappa shape index (κ1) is 8.97. The Balaban J connectivity index is 1.94. The van der Waals surface area contributed by atoms with Crippen molar-refractivity contribution in [3.05, 3.63) is 28.6 Å². The van der Waals surface area contributed by atoms with Gasteiger partial charge in [-0.3, -0.25) is 4.90 Å². The van der Waals surface area contributed by atoms with Crippen molar-refractivity contribution in [3.8, 4) is 0 Å². The molecule has 4 heteroatoms. The van der Waals surface area contributed by atoms with Crippen molar-refractivity contribution >= 4 is 15.9 Å². The highest BCUT2D eigenvalue weighted by Gasteiger charge is 2.09. The third kappa shape index (κ3) is 2.42. The summed E-state index contributed by atoms with van der Waals surface area (Å²) in [7, 11) is 0. The van der Waals surface area contributed by atoms with Gasteiger partial charge in [0.05, 0.1) is 6.54 Å². The molecule has 0 saturated carbocycles. The number of hydrogen-bond donors (Lipinski definition) is 0. The summed E-state index contributed by atoms with van der Waals surface area (Å²) in [5, 5.41) is 3.78. The number of halogens is 1. The van der Waals surface area contributed by atoms with Gasteiger partial charge in [0.25, 0.3) is 0 Å². The lowest BCUT2D eigenvalue weighted by Gasteiger charge is -2.20. The monoisotopic (exact) mass is 242 g/mol. The van der Waals surface area contributed by atoms with Crippen LogP contribution in [0.1, 0.15) is 12.2 Å². The largest absolute Gasteiger partial charge is 0.359 e. The van der Waals surface area contributed by atoms with Gasteiger partial charge in [0, 0.05) is 19.2 Å². The fourth-order valence-electron chi connectivity index (χ4n) is 1.42. The molecule has 0 N–H and O–H groups in total. The summed E-state index contributed by atoms with van der Waals surface area (Å²) in [4.78, 5) is 2.33. The predicted octanol–water partition coefficient (Wildman–Crippen LogP) is 2.20. The van der Waals surface area contributed by atoms with Gasteiger partial charge in [-0.2, -0.15) is 0 Å². The molecular weight excluding hydrogens is 232 g/mol. The average molecular weight is 243 g/mol. The fraction of sp³-hybridized carbons (Fsp3) is 0.444. The molecule has 2 heterocycles. The number of rotatable bonds is 2. The maximum atomic E-state index is 5.10. The quantitative estimate of drug-likeness (QED) is 0.745. The van der Waals surface area contributed by atoms with Crippen LogP contribution in [-0.2, 0) is 6.54 Å². The summed E-state index contributed by atoms with van der Waals surface area (Å²) in [6.07, 6.45) is 5.54. The van der Waals surface area contributed by atoms with Gasteiger partial charge in [0.15, 0.2) is 5.76 Å². The van der Waals surface area contributed by atoms with E-state index in [-0.39, 0.29) is 0 Å². The first-order chi connectivity index (χ1) is 6.34. The minimum Gasteiger partial charge on any atom is -0.359 e. The van der Waals surface area contributed by atoms with E-state index in [1.54, 1.807) is 0 Å². The highest BCUT2D eigenvalue weighted by atomic mass is 79.9. The molecule has 1 aromatic heterocycles. The molecule has 13 heavy (non-hydrogen) atoms. The van der Waals surface area contributed by atoms with Crippen LogP contribution in [0.5, 0.6) is 0 Å². The molecule has 0 unspecified atom stereocenters. The van der Waals surface area contributed by atoms with E-state index in [4.69, 9.17) is 4.52 Å². The minimum atomic E-state index is 0.773. The van der Waals surface area contributed by atoms with E-state index < -0.39 is 0 Å². The molecule has 1 aliphatic heterocycles. The van der Waals surface area contributed by atoms with Gasteiger partial charge in [0.2, 0.25) is 0 Å². The van der Waals surface area contributed by atoms with E-state index in [1.807, 2.05) is 6.07 Å². The van der Waals surface area contributed by atoms with E-state index in [9.17, 15) is 0 Å². The summed E-state index contributed by atoms with van der Waals surface area (Å²) in [5.41, 5.74) is 0. The Morgan fingerprint density at radius 3 is 3.08 bits per heavy atom. The second kappa shape index (κ2) is 4.07. The van der Waals surface area contributed by atoms with Crippen LogP contribution in [0.25, 0.3) is 0 Å². The van der Waals surface area contributed by atoms with Gasteiger partial charge in [0.1, 0.15) is 4.60 Å². The number of aromatic nitrogens is 1. The Morgan fingerprint density at radius 1 is 1.54 bits per heavy atom. The first-order valence-electron chi connectivity index (χ1n) is 4.33. The molecule has 0 spiro atoms. The summed E-state index contributed by atoms with van der Waals surface area (Å²) in [5.74, 6) is 0.919. The van der Waals surface area contributed by atoms with Crippen LogP contribution in [0.4, 0.5) is 0 Å². The molecule has 0 bridgehead atoms. The minimum absolute atomic E-state index is 0.773. The van der Waals surface area contributed by atoms with Crippen LogP contribution >= 0.6 is 15.9 Å². The van der Waals surface area contributed by atoms with Crippen molar-refractivity contribution in [2.24, 2.45) is 0 Å². The molecule has 0 atom stereocenters. The van der Waals surface area contributed by atoms with E-state index >= 15 is 0 Å². The van der Waals surface area contributed by atoms with Gasteiger partial charge in [-0.15, -0.1) is 0 Å². The SMILES string of the molecule is Brc1cc(CN2CC=CCC2)on1. The summed E-state index contributed by atoms with van der Waals surface area (Å²) in [6.45, 7) is 2.97. The van der Waals surface area contributed by atoms with Crippen molar-refractivity contribution < 1.29 is 4.52 Å². The third-order valence-corrected chi connectivity index (χ3v) is 2.43. The normalized spacial score (nSPS) is 17.9. The maximum absolute atomic E-state index is 5.10.